The third-order valence-corrected chi connectivity index (χ3v) is 8.21. The van der Waals surface area contributed by atoms with Crippen molar-refractivity contribution in [1.29, 1.82) is 0 Å². The number of carbonyl (C=O) groups is 2. The molecule has 2 aromatic heterocycles. The first-order valence-electron chi connectivity index (χ1n) is 12.1. The number of aromatic nitrogens is 1. The molecule has 0 spiro atoms. The normalized spacial score (nSPS) is 15.1. The van der Waals surface area contributed by atoms with Crippen molar-refractivity contribution < 1.29 is 9.59 Å². The smallest absolute Gasteiger partial charge is 0.257 e. The number of primary amides is 1. The molecule has 0 radical (unpaired) electrons. The number of carbonyl (C=O) groups excluding carboxylic acids is 2. The molecule has 1 unspecified atom stereocenters. The van der Waals surface area contributed by atoms with Crippen LogP contribution in [0.1, 0.15) is 62.0 Å². The van der Waals surface area contributed by atoms with E-state index < -0.39 is 5.91 Å². The van der Waals surface area contributed by atoms with Crippen molar-refractivity contribution in [2.75, 3.05) is 5.32 Å². The fraction of sp³-hybridized carbons (Fsp3) is 0.276. The van der Waals surface area contributed by atoms with Gasteiger partial charge >= 0.3 is 0 Å². The fourth-order valence-corrected chi connectivity index (χ4v) is 6.49. The molecule has 0 aliphatic heterocycles. The molecule has 0 saturated carbocycles. The summed E-state index contributed by atoms with van der Waals surface area (Å²) in [7, 11) is 0. The van der Waals surface area contributed by atoms with Gasteiger partial charge in [-0.15, -0.1) is 11.3 Å². The summed E-state index contributed by atoms with van der Waals surface area (Å²) >= 11 is 1.49. The van der Waals surface area contributed by atoms with Gasteiger partial charge < -0.3 is 11.1 Å². The van der Waals surface area contributed by atoms with Crippen molar-refractivity contribution in [2.45, 2.75) is 46.5 Å². The van der Waals surface area contributed by atoms with Crippen LogP contribution in [0.3, 0.4) is 0 Å². The maximum Gasteiger partial charge on any atom is 0.257 e. The second-order valence-electron chi connectivity index (χ2n) is 9.43. The first-order chi connectivity index (χ1) is 16.9. The molecule has 1 aliphatic carbocycles. The van der Waals surface area contributed by atoms with E-state index in [2.05, 4.69) is 38.2 Å². The Morgan fingerprint density at radius 3 is 2.69 bits per heavy atom. The van der Waals surface area contributed by atoms with Crippen LogP contribution in [-0.2, 0) is 12.8 Å². The van der Waals surface area contributed by atoms with Crippen molar-refractivity contribution in [1.82, 2.24) is 4.98 Å². The molecule has 35 heavy (non-hydrogen) atoms. The van der Waals surface area contributed by atoms with E-state index in [1.54, 1.807) is 0 Å². The van der Waals surface area contributed by atoms with Crippen molar-refractivity contribution in [2.24, 2.45) is 11.7 Å². The second-order valence-corrected chi connectivity index (χ2v) is 10.5. The maximum atomic E-state index is 13.7. The molecule has 2 amide bonds. The van der Waals surface area contributed by atoms with Crippen LogP contribution in [0.4, 0.5) is 5.00 Å². The zero-order valence-electron chi connectivity index (χ0n) is 20.3. The number of hydrogen-bond donors (Lipinski definition) is 2. The predicted octanol–water partition coefficient (Wildman–Crippen LogP) is 6.45. The first kappa shape index (κ1) is 23.2. The van der Waals surface area contributed by atoms with Crippen LogP contribution >= 0.6 is 11.3 Å². The second kappa shape index (κ2) is 9.27. The quantitative estimate of drug-likeness (QED) is 0.342. The molecule has 4 aromatic rings. The average molecular weight is 484 g/mol. The molecule has 178 valence electrons. The molecule has 0 saturated heterocycles. The minimum atomic E-state index is -0.483. The van der Waals surface area contributed by atoms with Gasteiger partial charge in [-0.2, -0.15) is 0 Å². The lowest BCUT2D eigenvalue weighted by Crippen LogP contribution is -2.20. The number of pyridine rings is 1. The standard InChI is InChI=1S/C29H29N3O2S/c1-4-18-10-12-21-25(14-18)35-29(26(21)27(30)33)32-28(34)22-15-24(19-11-9-16(2)13-17(19)3)31-23-8-6-5-7-20(22)23/h5-9,11,13,15,18H,4,10,12,14H2,1-3H3,(H2,30,33)(H,32,34). The Kier molecular flexibility index (Phi) is 6.15. The van der Waals surface area contributed by atoms with Crippen molar-refractivity contribution >= 4 is 39.1 Å². The molecule has 0 fully saturated rings. The summed E-state index contributed by atoms with van der Waals surface area (Å²) in [6.45, 7) is 6.31. The number of anilines is 1. The highest BCUT2D eigenvalue weighted by Gasteiger charge is 2.28. The van der Waals surface area contributed by atoms with Crippen LogP contribution in [0.25, 0.3) is 22.2 Å². The SMILES string of the molecule is CCC1CCc2c(sc(NC(=O)c3cc(-c4ccc(C)cc4C)nc4ccccc34)c2C(N)=O)C1. The van der Waals surface area contributed by atoms with E-state index in [1.165, 1.54) is 21.8 Å². The Labute approximate surface area is 209 Å². The van der Waals surface area contributed by atoms with Crippen LogP contribution in [0, 0.1) is 19.8 Å². The van der Waals surface area contributed by atoms with Crippen molar-refractivity contribution in [3.05, 3.63) is 81.2 Å². The molecular formula is C29H29N3O2S. The van der Waals surface area contributed by atoms with E-state index in [-0.39, 0.29) is 5.91 Å². The summed E-state index contributed by atoms with van der Waals surface area (Å²) in [6.07, 6.45) is 3.91. The molecule has 5 rings (SSSR count). The summed E-state index contributed by atoms with van der Waals surface area (Å²) in [5.74, 6) is -0.138. The lowest BCUT2D eigenvalue weighted by molar-refractivity contribution is 0.1000. The van der Waals surface area contributed by atoms with Crippen molar-refractivity contribution in [3.8, 4) is 11.3 Å². The molecule has 5 nitrogen and oxygen atoms in total. The molecule has 1 aliphatic rings. The molecular weight excluding hydrogens is 454 g/mol. The number of nitrogens with one attached hydrogen (secondary N) is 1. The zero-order chi connectivity index (χ0) is 24.7. The van der Waals surface area contributed by atoms with Crippen LogP contribution in [-0.4, -0.2) is 16.8 Å². The fourth-order valence-electron chi connectivity index (χ4n) is 5.12. The highest BCUT2D eigenvalue weighted by molar-refractivity contribution is 7.17. The summed E-state index contributed by atoms with van der Waals surface area (Å²) in [5, 5.41) is 4.37. The Hall–Kier alpha value is -3.51. The number of amides is 2. The molecule has 6 heteroatoms. The van der Waals surface area contributed by atoms with Crippen LogP contribution in [0.15, 0.2) is 48.5 Å². The largest absolute Gasteiger partial charge is 0.365 e. The maximum absolute atomic E-state index is 13.7. The Morgan fingerprint density at radius 1 is 1.14 bits per heavy atom. The number of para-hydroxylation sites is 1. The number of fused-ring (bicyclic) bond motifs is 2. The van der Waals surface area contributed by atoms with Gasteiger partial charge in [0.15, 0.2) is 0 Å². The van der Waals surface area contributed by atoms with E-state index >= 15 is 0 Å². The summed E-state index contributed by atoms with van der Waals surface area (Å²) < 4.78 is 0. The van der Waals surface area contributed by atoms with Gasteiger partial charge in [-0.25, -0.2) is 4.98 Å². The zero-order valence-corrected chi connectivity index (χ0v) is 21.1. The number of nitrogens with two attached hydrogens (primary N) is 1. The van der Waals surface area contributed by atoms with E-state index in [0.29, 0.717) is 22.0 Å². The predicted molar refractivity (Wildman–Crippen MR) is 143 cm³/mol. The number of benzene rings is 2. The van der Waals surface area contributed by atoms with Gasteiger partial charge in [-0.05, 0) is 62.3 Å². The third-order valence-electron chi connectivity index (χ3n) is 7.04. The Balaban J connectivity index is 1.58. The lowest BCUT2D eigenvalue weighted by atomic mass is 9.85. The summed E-state index contributed by atoms with van der Waals surface area (Å²) in [4.78, 5) is 32.1. The number of thiophene rings is 1. The van der Waals surface area contributed by atoms with E-state index in [1.807, 2.05) is 36.4 Å². The molecule has 1 atom stereocenters. The van der Waals surface area contributed by atoms with Gasteiger partial charge in [-0.1, -0.05) is 55.3 Å². The van der Waals surface area contributed by atoms with Gasteiger partial charge in [-0.3, -0.25) is 9.59 Å². The van der Waals surface area contributed by atoms with E-state index in [4.69, 9.17) is 10.7 Å². The highest BCUT2D eigenvalue weighted by atomic mass is 32.1. The van der Waals surface area contributed by atoms with Crippen LogP contribution in [0.2, 0.25) is 0 Å². The number of rotatable bonds is 5. The third kappa shape index (κ3) is 4.34. The van der Waals surface area contributed by atoms with Crippen molar-refractivity contribution in [3.63, 3.8) is 0 Å². The lowest BCUT2D eigenvalue weighted by Gasteiger charge is -2.20. The van der Waals surface area contributed by atoms with Gasteiger partial charge in [0.05, 0.1) is 22.3 Å². The van der Waals surface area contributed by atoms with Gasteiger partial charge in [0.1, 0.15) is 5.00 Å². The number of aryl methyl sites for hydroxylation is 2. The van der Waals surface area contributed by atoms with E-state index in [0.717, 1.165) is 59.0 Å². The molecule has 3 N–H and O–H groups in total. The summed E-state index contributed by atoms with van der Waals surface area (Å²) in [5.41, 5.74) is 12.6. The van der Waals surface area contributed by atoms with Gasteiger partial charge in [0, 0.05) is 15.8 Å². The molecule has 0 bridgehead atoms. The molecule has 2 aromatic carbocycles. The Morgan fingerprint density at radius 2 is 1.94 bits per heavy atom. The monoisotopic (exact) mass is 483 g/mol. The Bertz CT molecular complexity index is 1470. The topological polar surface area (TPSA) is 85.1 Å². The van der Waals surface area contributed by atoms with Gasteiger partial charge in [0.2, 0.25) is 0 Å². The first-order valence-corrected chi connectivity index (χ1v) is 12.9. The number of hydrogen-bond acceptors (Lipinski definition) is 4. The molecule has 2 heterocycles. The minimum absolute atomic E-state index is 0.261. The minimum Gasteiger partial charge on any atom is -0.365 e. The van der Waals surface area contributed by atoms with Gasteiger partial charge in [0.25, 0.3) is 11.8 Å². The van der Waals surface area contributed by atoms with E-state index in [9.17, 15) is 9.59 Å². The van der Waals surface area contributed by atoms with Crippen LogP contribution in [0.5, 0.6) is 0 Å². The number of nitrogens with zero attached hydrogens (tertiary/aromatic N) is 1. The average Bonchev–Trinajstić information content (AvgIpc) is 3.20. The van der Waals surface area contributed by atoms with Crippen LogP contribution < -0.4 is 11.1 Å². The summed E-state index contributed by atoms with van der Waals surface area (Å²) in [6, 6.07) is 15.7. The highest BCUT2D eigenvalue weighted by Crippen LogP contribution is 2.40.